The number of nitriles is 1. The van der Waals surface area contributed by atoms with Gasteiger partial charge in [0.2, 0.25) is 5.88 Å². The van der Waals surface area contributed by atoms with Crippen LogP contribution in [0.2, 0.25) is 0 Å². The molecule has 0 saturated carbocycles. The number of thiophene rings is 2. The van der Waals surface area contributed by atoms with Gasteiger partial charge in [-0.3, -0.25) is 9.36 Å². The summed E-state index contributed by atoms with van der Waals surface area (Å²) < 4.78 is 3.63. The molecule has 0 spiro atoms. The summed E-state index contributed by atoms with van der Waals surface area (Å²) in [6.07, 6.45) is 5.81. The third-order valence-corrected chi connectivity index (χ3v) is 10.9. The standard InChI is InChI=1S/C40H37N3O2S2/c1-4-6-13-28(5-2)26-42-39(44)34(27(3)35(25-41)40(42)45)22-33-23-37-38(46-33)24-36(47-37)29-18-20-32(21-19-29)43(30-14-9-7-10-15-30)31-16-11-8-12-17-31/h7-12,14-24,28,45H,3-6,13,26H2,1-2H3/b34-22-. The van der Waals surface area contributed by atoms with Gasteiger partial charge in [0.1, 0.15) is 11.6 Å². The summed E-state index contributed by atoms with van der Waals surface area (Å²) in [5.74, 6) is -0.0407. The van der Waals surface area contributed by atoms with E-state index in [4.69, 9.17) is 0 Å². The summed E-state index contributed by atoms with van der Waals surface area (Å²) in [6.45, 7) is 8.65. The average molecular weight is 656 g/mol. The van der Waals surface area contributed by atoms with Crippen LogP contribution in [0.1, 0.15) is 50.0 Å². The number of benzene rings is 3. The van der Waals surface area contributed by atoms with E-state index in [1.54, 1.807) is 22.7 Å². The number of pyridine rings is 1. The minimum Gasteiger partial charge on any atom is -0.493 e. The van der Waals surface area contributed by atoms with Crippen LogP contribution in [0.4, 0.5) is 17.1 Å². The highest BCUT2D eigenvalue weighted by Gasteiger charge is 2.18. The smallest absolute Gasteiger partial charge is 0.261 e. The van der Waals surface area contributed by atoms with Crippen molar-refractivity contribution < 1.29 is 5.11 Å². The molecule has 0 bridgehead atoms. The molecule has 0 aliphatic carbocycles. The summed E-state index contributed by atoms with van der Waals surface area (Å²) >= 11 is 3.32. The Kier molecular flexibility index (Phi) is 9.72. The first-order valence-electron chi connectivity index (χ1n) is 16.0. The molecule has 6 rings (SSSR count). The monoisotopic (exact) mass is 655 g/mol. The summed E-state index contributed by atoms with van der Waals surface area (Å²) in [5.41, 5.74) is 4.17. The largest absolute Gasteiger partial charge is 0.493 e. The van der Waals surface area contributed by atoms with Crippen molar-refractivity contribution in [1.29, 1.82) is 5.26 Å². The molecule has 1 unspecified atom stereocenters. The minimum atomic E-state index is -0.306. The van der Waals surface area contributed by atoms with Crippen LogP contribution in [0.15, 0.2) is 102 Å². The minimum absolute atomic E-state index is 0.0587. The Morgan fingerprint density at radius 2 is 1.53 bits per heavy atom. The summed E-state index contributed by atoms with van der Waals surface area (Å²) in [4.78, 5) is 18.0. The number of anilines is 3. The molecule has 3 aromatic carbocycles. The summed E-state index contributed by atoms with van der Waals surface area (Å²) in [7, 11) is 0. The quantitative estimate of drug-likeness (QED) is 0.151. The van der Waals surface area contributed by atoms with Gasteiger partial charge in [-0.15, -0.1) is 22.7 Å². The zero-order chi connectivity index (χ0) is 32.9. The number of fused-ring (bicyclic) bond motifs is 1. The highest BCUT2D eigenvalue weighted by atomic mass is 32.1. The number of aromatic hydroxyl groups is 1. The molecule has 47 heavy (non-hydrogen) atoms. The first kappa shape index (κ1) is 32.1. The van der Waals surface area contributed by atoms with E-state index in [1.165, 1.54) is 9.44 Å². The number of para-hydroxylation sites is 2. The molecule has 0 fully saturated rings. The number of rotatable bonds is 11. The number of hydrogen-bond donors (Lipinski definition) is 1. The first-order valence-corrected chi connectivity index (χ1v) is 17.7. The van der Waals surface area contributed by atoms with E-state index in [0.29, 0.717) is 11.8 Å². The normalized spacial score (nSPS) is 12.3. The van der Waals surface area contributed by atoms with Crippen molar-refractivity contribution in [1.82, 2.24) is 4.57 Å². The van der Waals surface area contributed by atoms with Crippen molar-refractivity contribution in [2.45, 2.75) is 46.1 Å². The molecule has 7 heteroatoms. The van der Waals surface area contributed by atoms with Gasteiger partial charge in [0.25, 0.3) is 5.56 Å². The molecule has 0 saturated heterocycles. The van der Waals surface area contributed by atoms with E-state index in [0.717, 1.165) is 62.6 Å². The van der Waals surface area contributed by atoms with Gasteiger partial charge in [0.05, 0.1) is 0 Å². The Balaban J connectivity index is 1.32. The van der Waals surface area contributed by atoms with Gasteiger partial charge in [-0.1, -0.05) is 88.2 Å². The summed E-state index contributed by atoms with van der Waals surface area (Å²) in [6, 6.07) is 35.7. The van der Waals surface area contributed by atoms with Crippen LogP contribution < -0.4 is 20.9 Å². The summed E-state index contributed by atoms with van der Waals surface area (Å²) in [5, 5.41) is 21.4. The third kappa shape index (κ3) is 6.66. The lowest BCUT2D eigenvalue weighted by molar-refractivity contribution is 0.338. The predicted molar refractivity (Wildman–Crippen MR) is 199 cm³/mol. The van der Waals surface area contributed by atoms with Gasteiger partial charge >= 0.3 is 0 Å². The van der Waals surface area contributed by atoms with Gasteiger partial charge in [-0.25, -0.2) is 0 Å². The maximum absolute atomic E-state index is 13.7. The number of unbranched alkanes of at least 4 members (excludes halogenated alkanes) is 1. The van der Waals surface area contributed by atoms with Crippen LogP contribution in [0, 0.1) is 17.2 Å². The molecular formula is C40H37N3O2S2. The Labute approximate surface area is 283 Å². The van der Waals surface area contributed by atoms with E-state index in [2.05, 4.69) is 116 Å². The molecule has 1 N–H and O–H groups in total. The Hall–Kier alpha value is -4.90. The first-order chi connectivity index (χ1) is 22.9. The molecule has 1 atom stereocenters. The van der Waals surface area contributed by atoms with Crippen molar-refractivity contribution >= 4 is 61.8 Å². The lowest BCUT2D eigenvalue weighted by Gasteiger charge is -2.25. The molecule has 6 aromatic rings. The lowest BCUT2D eigenvalue weighted by atomic mass is 9.99. The van der Waals surface area contributed by atoms with Gasteiger partial charge in [-0.2, -0.15) is 5.26 Å². The van der Waals surface area contributed by atoms with E-state index >= 15 is 0 Å². The highest BCUT2D eigenvalue weighted by Crippen LogP contribution is 2.40. The van der Waals surface area contributed by atoms with Crippen LogP contribution in [0.5, 0.6) is 5.88 Å². The third-order valence-electron chi connectivity index (χ3n) is 8.63. The van der Waals surface area contributed by atoms with Gasteiger partial charge in [0, 0.05) is 53.2 Å². The van der Waals surface area contributed by atoms with Crippen LogP contribution in [-0.2, 0) is 6.54 Å². The molecule has 0 radical (unpaired) electrons. The molecule has 0 aliphatic rings. The fourth-order valence-electron chi connectivity index (χ4n) is 5.97. The molecule has 0 amide bonds. The number of nitrogens with zero attached hydrogens (tertiary/aromatic N) is 3. The van der Waals surface area contributed by atoms with Crippen molar-refractivity contribution in [3.63, 3.8) is 0 Å². The maximum atomic E-state index is 13.7. The molecule has 236 valence electrons. The fourth-order valence-corrected chi connectivity index (χ4v) is 8.33. The predicted octanol–water partition coefficient (Wildman–Crippen LogP) is 9.29. The molecular weight excluding hydrogens is 619 g/mol. The lowest BCUT2D eigenvalue weighted by Crippen LogP contribution is -2.46. The SMILES string of the molecule is C=c1c(C#N)c(O)n(CC(CC)CCCC)c(=O)/c1=C\c1cc2sc(-c3ccc(N(c4ccccc4)c4ccccc4)cc3)cc2s1. The van der Waals surface area contributed by atoms with Crippen LogP contribution in [0.25, 0.3) is 32.5 Å². The zero-order valence-electron chi connectivity index (χ0n) is 26.6. The Morgan fingerprint density at radius 1 is 0.915 bits per heavy atom. The topological polar surface area (TPSA) is 69.3 Å². The fraction of sp³-hybridized carbons (Fsp3) is 0.200. The second-order valence-electron chi connectivity index (χ2n) is 11.7. The Bertz CT molecular complexity index is 2140. The molecule has 5 nitrogen and oxygen atoms in total. The van der Waals surface area contributed by atoms with Crippen LogP contribution in [-0.4, -0.2) is 9.67 Å². The van der Waals surface area contributed by atoms with Gasteiger partial charge < -0.3 is 10.0 Å². The van der Waals surface area contributed by atoms with Crippen molar-refractivity contribution in [2.24, 2.45) is 5.92 Å². The maximum Gasteiger partial charge on any atom is 0.261 e. The van der Waals surface area contributed by atoms with Crippen LogP contribution in [0.3, 0.4) is 0 Å². The molecule has 0 aliphatic heterocycles. The van der Waals surface area contributed by atoms with Crippen molar-refractivity contribution in [3.8, 4) is 22.4 Å². The van der Waals surface area contributed by atoms with Crippen LogP contribution >= 0.6 is 22.7 Å². The molecule has 3 aromatic heterocycles. The average Bonchev–Trinajstić information content (AvgIpc) is 3.67. The zero-order valence-corrected chi connectivity index (χ0v) is 28.3. The van der Waals surface area contributed by atoms with E-state index in [1.807, 2.05) is 18.2 Å². The Morgan fingerprint density at radius 3 is 2.11 bits per heavy atom. The van der Waals surface area contributed by atoms with Gasteiger partial charge in [-0.05, 0) is 72.5 Å². The van der Waals surface area contributed by atoms with Crippen molar-refractivity contribution in [2.75, 3.05) is 4.90 Å². The second-order valence-corrected chi connectivity index (χ2v) is 13.9. The van der Waals surface area contributed by atoms with E-state index in [-0.39, 0.29) is 28.1 Å². The van der Waals surface area contributed by atoms with E-state index < -0.39 is 0 Å². The second kappa shape index (κ2) is 14.3. The van der Waals surface area contributed by atoms with E-state index in [9.17, 15) is 15.2 Å². The van der Waals surface area contributed by atoms with Gasteiger partial charge in [0.15, 0.2) is 0 Å². The number of aromatic nitrogens is 1. The van der Waals surface area contributed by atoms with Crippen molar-refractivity contribution in [3.05, 3.63) is 128 Å². The number of hydrogen-bond acceptors (Lipinski definition) is 6. The molecule has 3 heterocycles. The highest BCUT2D eigenvalue weighted by molar-refractivity contribution is 7.29.